The van der Waals surface area contributed by atoms with E-state index < -0.39 is 32.9 Å². The predicted octanol–water partition coefficient (Wildman–Crippen LogP) is -0.392. The van der Waals surface area contributed by atoms with Crippen LogP contribution in [-0.2, 0) is 14.6 Å². The number of benzene rings is 1. The monoisotopic (exact) mass is 375 g/mol. The molecule has 0 saturated carbocycles. The summed E-state index contributed by atoms with van der Waals surface area (Å²) in [6.45, 7) is 0. The predicted molar refractivity (Wildman–Crippen MR) is 94.7 cm³/mol. The fourth-order valence-electron chi connectivity index (χ4n) is 2.95. The maximum absolute atomic E-state index is 12.3. The quantitative estimate of drug-likeness (QED) is 0.752. The van der Waals surface area contributed by atoms with Crippen LogP contribution >= 0.6 is 0 Å². The van der Waals surface area contributed by atoms with Crippen LogP contribution in [0.3, 0.4) is 0 Å². The maximum atomic E-state index is 12.3. The maximum Gasteiger partial charge on any atom is 0.255 e. The van der Waals surface area contributed by atoms with Crippen LogP contribution in [-0.4, -0.2) is 41.8 Å². The second-order valence-corrected chi connectivity index (χ2v) is 8.31. The van der Waals surface area contributed by atoms with Gasteiger partial charge in [-0.3, -0.25) is 19.0 Å². The molecule has 1 aliphatic heterocycles. The number of hydrogen-bond donors (Lipinski definition) is 2. The number of nitrogens with zero attached hydrogens (tertiary/aromatic N) is 1. The molecule has 2 aromatic rings. The van der Waals surface area contributed by atoms with E-state index in [1.165, 1.54) is 10.6 Å². The van der Waals surface area contributed by atoms with Crippen LogP contribution in [0, 0.1) is 0 Å². The minimum absolute atomic E-state index is 0.0269. The van der Waals surface area contributed by atoms with E-state index in [1.807, 2.05) is 0 Å². The summed E-state index contributed by atoms with van der Waals surface area (Å²) >= 11 is 0. The summed E-state index contributed by atoms with van der Waals surface area (Å²) < 4.78 is 25.2. The molecule has 0 spiro atoms. The van der Waals surface area contributed by atoms with Gasteiger partial charge in [-0.2, -0.15) is 0 Å². The highest BCUT2D eigenvalue weighted by atomic mass is 32.2. The van der Waals surface area contributed by atoms with E-state index in [9.17, 15) is 22.8 Å². The van der Waals surface area contributed by atoms with Crippen LogP contribution in [0.25, 0.3) is 5.69 Å². The average molecular weight is 375 g/mol. The van der Waals surface area contributed by atoms with Gasteiger partial charge in [0.25, 0.3) is 11.5 Å². The minimum Gasteiger partial charge on any atom is -0.369 e. The lowest BCUT2D eigenvalue weighted by atomic mass is 10.1. The Labute approximate surface area is 149 Å². The SMILES string of the molecule is NC(=O)C1CC(NC(=O)c2ccc(-n3ccccc3=O)cc2)CS1(=O)=O. The number of nitrogens with two attached hydrogens (primary N) is 1. The summed E-state index contributed by atoms with van der Waals surface area (Å²) in [5, 5.41) is 1.35. The number of rotatable bonds is 4. The molecule has 0 aliphatic carbocycles. The number of hydrogen-bond acceptors (Lipinski definition) is 5. The first-order chi connectivity index (χ1) is 12.3. The van der Waals surface area contributed by atoms with Gasteiger partial charge < -0.3 is 11.1 Å². The van der Waals surface area contributed by atoms with Crippen LogP contribution < -0.4 is 16.6 Å². The van der Waals surface area contributed by atoms with Crippen molar-refractivity contribution in [2.24, 2.45) is 5.73 Å². The largest absolute Gasteiger partial charge is 0.369 e. The molecule has 8 nitrogen and oxygen atoms in total. The van der Waals surface area contributed by atoms with Crippen LogP contribution in [0.15, 0.2) is 53.5 Å². The lowest BCUT2D eigenvalue weighted by Crippen LogP contribution is -2.36. The number of carbonyl (C=O) groups excluding carboxylic acids is 2. The average Bonchev–Trinajstić information content (AvgIpc) is 2.90. The molecule has 1 saturated heterocycles. The molecule has 3 rings (SSSR count). The molecule has 0 radical (unpaired) electrons. The summed E-state index contributed by atoms with van der Waals surface area (Å²) in [5.74, 6) is -1.68. The van der Waals surface area contributed by atoms with Gasteiger partial charge in [0, 0.05) is 29.6 Å². The second kappa shape index (κ2) is 6.75. The normalized spacial score (nSPS) is 21.2. The molecular formula is C17H17N3O5S. The van der Waals surface area contributed by atoms with E-state index in [4.69, 9.17) is 5.73 Å². The van der Waals surface area contributed by atoms with Crippen molar-refractivity contribution >= 4 is 21.7 Å². The Bertz CT molecular complexity index is 1010. The molecule has 3 N–H and O–H groups in total. The molecule has 2 amide bonds. The van der Waals surface area contributed by atoms with Gasteiger partial charge in [0.05, 0.1) is 5.75 Å². The highest BCUT2D eigenvalue weighted by Crippen LogP contribution is 2.21. The Kier molecular flexibility index (Phi) is 4.64. The van der Waals surface area contributed by atoms with Gasteiger partial charge in [0.15, 0.2) is 9.84 Å². The number of nitrogens with one attached hydrogen (secondary N) is 1. The van der Waals surface area contributed by atoms with Crippen LogP contribution in [0.2, 0.25) is 0 Å². The molecule has 1 fully saturated rings. The van der Waals surface area contributed by atoms with E-state index in [0.29, 0.717) is 11.3 Å². The van der Waals surface area contributed by atoms with E-state index in [2.05, 4.69) is 5.32 Å². The molecule has 1 aliphatic rings. The molecule has 2 unspecified atom stereocenters. The fraction of sp³-hybridized carbons (Fsp3) is 0.235. The van der Waals surface area contributed by atoms with Gasteiger partial charge >= 0.3 is 0 Å². The van der Waals surface area contributed by atoms with Crippen molar-refractivity contribution in [1.82, 2.24) is 9.88 Å². The standard InChI is InChI=1S/C17H17N3O5S/c18-16(22)14-9-12(10-26(14,24)25)19-17(23)11-4-6-13(7-5-11)20-8-2-1-3-15(20)21/h1-8,12,14H,9-10H2,(H2,18,22)(H,19,23). The van der Waals surface area contributed by atoms with Gasteiger partial charge in [0.2, 0.25) is 5.91 Å². The molecule has 2 heterocycles. The zero-order valence-corrected chi connectivity index (χ0v) is 14.5. The first-order valence-electron chi connectivity index (χ1n) is 7.88. The van der Waals surface area contributed by atoms with E-state index in [-0.39, 0.29) is 17.7 Å². The molecule has 26 heavy (non-hydrogen) atoms. The van der Waals surface area contributed by atoms with E-state index >= 15 is 0 Å². The lowest BCUT2D eigenvalue weighted by Gasteiger charge is -2.12. The van der Waals surface area contributed by atoms with Gasteiger partial charge in [-0.15, -0.1) is 0 Å². The number of aromatic nitrogens is 1. The third kappa shape index (κ3) is 3.52. The number of primary amides is 1. The van der Waals surface area contributed by atoms with E-state index in [1.54, 1.807) is 42.6 Å². The smallest absolute Gasteiger partial charge is 0.255 e. The third-order valence-corrected chi connectivity index (χ3v) is 6.41. The zero-order chi connectivity index (χ0) is 18.9. The molecule has 9 heteroatoms. The Morgan fingerprint density at radius 2 is 1.81 bits per heavy atom. The zero-order valence-electron chi connectivity index (χ0n) is 13.7. The molecule has 1 aromatic heterocycles. The van der Waals surface area contributed by atoms with Gasteiger partial charge in [-0.05, 0) is 36.8 Å². The van der Waals surface area contributed by atoms with Gasteiger partial charge in [-0.1, -0.05) is 6.07 Å². The summed E-state index contributed by atoms with van der Waals surface area (Å²) in [6, 6.07) is 10.4. The van der Waals surface area contributed by atoms with Crippen molar-refractivity contribution in [1.29, 1.82) is 0 Å². The van der Waals surface area contributed by atoms with Crippen molar-refractivity contribution < 1.29 is 18.0 Å². The molecule has 0 bridgehead atoms. The minimum atomic E-state index is -3.64. The Morgan fingerprint density at radius 3 is 2.38 bits per heavy atom. The van der Waals surface area contributed by atoms with E-state index in [0.717, 1.165) is 0 Å². The topological polar surface area (TPSA) is 128 Å². The van der Waals surface area contributed by atoms with Crippen molar-refractivity contribution in [3.8, 4) is 5.69 Å². The molecule has 1 aromatic carbocycles. The van der Waals surface area contributed by atoms with Crippen molar-refractivity contribution in [2.75, 3.05) is 5.75 Å². The van der Waals surface area contributed by atoms with Gasteiger partial charge in [-0.25, -0.2) is 8.42 Å². The van der Waals surface area contributed by atoms with Crippen molar-refractivity contribution in [2.45, 2.75) is 17.7 Å². The lowest BCUT2D eigenvalue weighted by molar-refractivity contribution is -0.117. The molecule has 136 valence electrons. The highest BCUT2D eigenvalue weighted by molar-refractivity contribution is 7.93. The summed E-state index contributed by atoms with van der Waals surface area (Å²) in [4.78, 5) is 35.3. The first kappa shape index (κ1) is 17.9. The van der Waals surface area contributed by atoms with Crippen LogP contribution in [0.4, 0.5) is 0 Å². The Morgan fingerprint density at radius 1 is 1.12 bits per heavy atom. The first-order valence-corrected chi connectivity index (χ1v) is 9.59. The highest BCUT2D eigenvalue weighted by Gasteiger charge is 2.42. The third-order valence-electron chi connectivity index (χ3n) is 4.25. The number of carbonyl (C=O) groups is 2. The summed E-state index contributed by atoms with van der Waals surface area (Å²) in [6.07, 6.45) is 1.59. The fourth-order valence-corrected chi connectivity index (χ4v) is 4.84. The summed E-state index contributed by atoms with van der Waals surface area (Å²) in [5.41, 5.74) is 5.83. The van der Waals surface area contributed by atoms with Crippen LogP contribution in [0.5, 0.6) is 0 Å². The number of amides is 2. The number of sulfone groups is 1. The van der Waals surface area contributed by atoms with Gasteiger partial charge in [0.1, 0.15) is 5.25 Å². The molecular weight excluding hydrogens is 358 g/mol. The van der Waals surface area contributed by atoms with Crippen molar-refractivity contribution in [3.05, 3.63) is 64.6 Å². The number of pyridine rings is 1. The molecule has 2 atom stereocenters. The second-order valence-electron chi connectivity index (χ2n) is 6.08. The summed E-state index contributed by atoms with van der Waals surface area (Å²) in [7, 11) is -3.64. The van der Waals surface area contributed by atoms with Crippen molar-refractivity contribution in [3.63, 3.8) is 0 Å². The van der Waals surface area contributed by atoms with Crippen LogP contribution in [0.1, 0.15) is 16.8 Å². The Hall–Kier alpha value is -2.94. The Balaban J connectivity index is 1.73.